The second-order valence-electron chi connectivity index (χ2n) is 8.43. The van der Waals surface area contributed by atoms with Crippen LogP contribution in [-0.2, 0) is 27.6 Å². The lowest BCUT2D eigenvalue weighted by Gasteiger charge is -2.24. The molecule has 8 heteroatoms. The van der Waals surface area contributed by atoms with Crippen molar-refractivity contribution in [2.45, 2.75) is 50.0 Å². The fraction of sp³-hybridized carbons (Fsp3) is 0.522. The number of rotatable bonds is 5. The lowest BCUT2D eigenvalue weighted by Crippen LogP contribution is -2.20. The molecule has 2 aromatic rings. The van der Waals surface area contributed by atoms with E-state index in [0.29, 0.717) is 11.6 Å². The molecule has 0 unspecified atom stereocenters. The maximum absolute atomic E-state index is 13.2. The highest BCUT2D eigenvalue weighted by molar-refractivity contribution is 7.92. The molecule has 0 bridgehead atoms. The molecule has 31 heavy (non-hydrogen) atoms. The average molecular weight is 446 g/mol. The number of ether oxygens (including phenoxy) is 2. The Labute approximate surface area is 184 Å². The molecule has 7 nitrogen and oxygen atoms in total. The van der Waals surface area contributed by atoms with E-state index in [-0.39, 0.29) is 11.0 Å². The van der Waals surface area contributed by atoms with Crippen molar-refractivity contribution in [1.29, 1.82) is 0 Å². The Morgan fingerprint density at radius 2 is 2.00 bits per heavy atom. The summed E-state index contributed by atoms with van der Waals surface area (Å²) in [5.41, 5.74) is 4.39. The van der Waals surface area contributed by atoms with Gasteiger partial charge in [0.1, 0.15) is 5.69 Å². The molecule has 1 aromatic heterocycles. The molecule has 0 saturated carbocycles. The number of pyridine rings is 1. The van der Waals surface area contributed by atoms with Gasteiger partial charge in [-0.3, -0.25) is 4.72 Å². The van der Waals surface area contributed by atoms with Crippen molar-refractivity contribution in [1.82, 2.24) is 9.88 Å². The molecule has 0 spiro atoms. The van der Waals surface area contributed by atoms with E-state index in [4.69, 9.17) is 9.47 Å². The van der Waals surface area contributed by atoms with Crippen LogP contribution < -0.4 is 9.46 Å². The van der Waals surface area contributed by atoms with Crippen molar-refractivity contribution in [3.63, 3.8) is 0 Å². The van der Waals surface area contributed by atoms with Crippen molar-refractivity contribution in [3.05, 3.63) is 46.6 Å². The number of methoxy groups -OCH3 is 1. The zero-order valence-corrected chi connectivity index (χ0v) is 19.3. The summed E-state index contributed by atoms with van der Waals surface area (Å²) in [7, 11) is -0.191. The lowest BCUT2D eigenvalue weighted by atomic mass is 9.97. The van der Waals surface area contributed by atoms with E-state index < -0.39 is 10.0 Å². The van der Waals surface area contributed by atoms with Crippen molar-refractivity contribution in [2.24, 2.45) is 0 Å². The maximum atomic E-state index is 13.2. The van der Waals surface area contributed by atoms with Crippen LogP contribution in [0.5, 0.6) is 5.88 Å². The van der Waals surface area contributed by atoms with Crippen LogP contribution in [0.2, 0.25) is 0 Å². The maximum Gasteiger partial charge on any atom is 0.262 e. The third-order valence-corrected chi connectivity index (χ3v) is 7.53. The van der Waals surface area contributed by atoms with Crippen LogP contribution in [0.15, 0.2) is 29.2 Å². The van der Waals surface area contributed by atoms with Crippen LogP contribution in [0.1, 0.15) is 47.8 Å². The summed E-state index contributed by atoms with van der Waals surface area (Å²) in [6.45, 7) is 4.53. The monoisotopic (exact) mass is 445 g/mol. The predicted octanol–water partition coefficient (Wildman–Crippen LogP) is 3.47. The summed E-state index contributed by atoms with van der Waals surface area (Å²) in [4.78, 5) is 7.08. The molecule has 1 N–H and O–H groups in total. The summed E-state index contributed by atoms with van der Waals surface area (Å²) < 4.78 is 40.3. The van der Waals surface area contributed by atoms with Gasteiger partial charge in [-0.15, -0.1) is 0 Å². The number of nitrogens with one attached hydrogen (secondary N) is 1. The molecule has 2 aliphatic heterocycles. The second-order valence-corrected chi connectivity index (χ2v) is 10.1. The van der Waals surface area contributed by atoms with E-state index in [2.05, 4.69) is 21.7 Å². The zero-order valence-electron chi connectivity index (χ0n) is 18.5. The third kappa shape index (κ3) is 4.86. The topological polar surface area (TPSA) is 80.8 Å². The van der Waals surface area contributed by atoms with Crippen molar-refractivity contribution in [3.8, 4) is 5.88 Å². The number of anilines is 1. The van der Waals surface area contributed by atoms with Gasteiger partial charge in [-0.2, -0.15) is 0 Å². The number of aromatic nitrogens is 1. The highest BCUT2D eigenvalue weighted by Crippen LogP contribution is 2.33. The minimum absolute atomic E-state index is 0.0467. The minimum Gasteiger partial charge on any atom is -0.479 e. The van der Waals surface area contributed by atoms with Crippen molar-refractivity contribution in [2.75, 3.05) is 38.6 Å². The SMILES string of the molecule is COc1nc2c(cc1NS(=O)(=O)c1ccc([C@@H]3CCCCO3)c(C)c1)CCN(C)CC2. The zero-order chi connectivity index (χ0) is 22.0. The molecule has 168 valence electrons. The Morgan fingerprint density at radius 1 is 1.19 bits per heavy atom. The quantitative estimate of drug-likeness (QED) is 0.759. The third-order valence-electron chi connectivity index (χ3n) is 6.17. The number of hydrogen-bond acceptors (Lipinski definition) is 6. The van der Waals surface area contributed by atoms with E-state index >= 15 is 0 Å². The molecule has 1 fully saturated rings. The molecule has 3 heterocycles. The summed E-state index contributed by atoms with van der Waals surface area (Å²) in [6.07, 6.45) is 4.88. The first kappa shape index (κ1) is 22.0. The summed E-state index contributed by atoms with van der Waals surface area (Å²) in [5, 5.41) is 0. The van der Waals surface area contributed by atoms with Gasteiger partial charge in [0.25, 0.3) is 10.0 Å². The lowest BCUT2D eigenvalue weighted by molar-refractivity contribution is 0.0145. The molecule has 0 amide bonds. The number of aryl methyl sites for hydroxylation is 1. The molecule has 0 radical (unpaired) electrons. The van der Waals surface area contributed by atoms with Gasteiger partial charge in [-0.1, -0.05) is 6.07 Å². The van der Waals surface area contributed by atoms with E-state index in [1.165, 1.54) is 7.11 Å². The number of likely N-dealkylation sites (N-methyl/N-ethyl adjacent to an activating group) is 1. The van der Waals surface area contributed by atoms with Gasteiger partial charge in [0.05, 0.1) is 18.1 Å². The molecule has 4 rings (SSSR count). The number of sulfonamides is 1. The van der Waals surface area contributed by atoms with Crippen LogP contribution in [0.3, 0.4) is 0 Å². The second kappa shape index (κ2) is 9.14. The first-order chi connectivity index (χ1) is 14.9. The summed E-state index contributed by atoms with van der Waals surface area (Å²) >= 11 is 0. The van der Waals surface area contributed by atoms with Crippen LogP contribution in [0.4, 0.5) is 5.69 Å². The van der Waals surface area contributed by atoms with Gasteiger partial charge in [0.15, 0.2) is 0 Å². The Balaban J connectivity index is 1.61. The summed E-state index contributed by atoms with van der Waals surface area (Å²) in [6, 6.07) is 7.12. The van der Waals surface area contributed by atoms with E-state index in [0.717, 1.165) is 74.2 Å². The first-order valence-electron chi connectivity index (χ1n) is 10.9. The minimum atomic E-state index is -3.78. The highest BCUT2D eigenvalue weighted by Gasteiger charge is 2.23. The molecular weight excluding hydrogens is 414 g/mol. The highest BCUT2D eigenvalue weighted by atomic mass is 32.2. The summed E-state index contributed by atoms with van der Waals surface area (Å²) in [5.74, 6) is 0.302. The van der Waals surface area contributed by atoms with Crippen LogP contribution >= 0.6 is 0 Å². The number of hydrogen-bond donors (Lipinski definition) is 1. The Bertz CT molecular complexity index is 1050. The molecular formula is C23H31N3O4S. The largest absolute Gasteiger partial charge is 0.479 e. The standard InChI is InChI=1S/C23H31N3O4S/c1-16-14-18(7-8-19(16)22-6-4-5-13-30-22)31(27,28)25-21-15-17-9-11-26(2)12-10-20(17)24-23(21)29-3/h7-8,14-15,22,25H,4-6,9-13H2,1-3H3/t22-/m0/s1. The van der Waals surface area contributed by atoms with E-state index in [1.54, 1.807) is 12.1 Å². The first-order valence-corrected chi connectivity index (χ1v) is 12.4. The Morgan fingerprint density at radius 3 is 2.71 bits per heavy atom. The Kier molecular flexibility index (Phi) is 6.50. The molecule has 0 aliphatic carbocycles. The van der Waals surface area contributed by atoms with E-state index in [1.807, 2.05) is 19.1 Å². The van der Waals surface area contributed by atoms with Crippen LogP contribution in [0.25, 0.3) is 0 Å². The Hall–Kier alpha value is -2.16. The molecule has 1 atom stereocenters. The molecule has 1 aromatic carbocycles. The van der Waals surface area contributed by atoms with Crippen molar-refractivity contribution < 1.29 is 17.9 Å². The number of nitrogens with zero attached hydrogens (tertiary/aromatic N) is 2. The smallest absolute Gasteiger partial charge is 0.262 e. The normalized spacial score (nSPS) is 20.0. The van der Waals surface area contributed by atoms with Gasteiger partial charge < -0.3 is 14.4 Å². The van der Waals surface area contributed by atoms with Gasteiger partial charge in [0, 0.05) is 31.8 Å². The van der Waals surface area contributed by atoms with Crippen LogP contribution in [-0.4, -0.2) is 52.2 Å². The average Bonchev–Trinajstić information content (AvgIpc) is 2.94. The van der Waals surface area contributed by atoms with Gasteiger partial charge in [-0.25, -0.2) is 13.4 Å². The fourth-order valence-corrected chi connectivity index (χ4v) is 5.45. The van der Waals surface area contributed by atoms with E-state index in [9.17, 15) is 8.42 Å². The molecule has 1 saturated heterocycles. The van der Waals surface area contributed by atoms with Gasteiger partial charge >= 0.3 is 0 Å². The number of fused-ring (bicyclic) bond motifs is 1. The van der Waals surface area contributed by atoms with Crippen LogP contribution in [0, 0.1) is 6.92 Å². The fourth-order valence-electron chi connectivity index (χ4n) is 4.32. The molecule has 2 aliphatic rings. The van der Waals surface area contributed by atoms with Crippen molar-refractivity contribution >= 4 is 15.7 Å². The van der Waals surface area contributed by atoms with Gasteiger partial charge in [-0.05, 0) is 74.5 Å². The predicted molar refractivity (Wildman–Crippen MR) is 120 cm³/mol. The van der Waals surface area contributed by atoms with Gasteiger partial charge in [0.2, 0.25) is 5.88 Å². The number of benzene rings is 1.